The molecule has 1 amide bonds. The van der Waals surface area contributed by atoms with E-state index < -0.39 is 0 Å². The van der Waals surface area contributed by atoms with Crippen molar-refractivity contribution in [2.24, 2.45) is 0 Å². The second-order valence-electron chi connectivity index (χ2n) is 5.36. The largest absolute Gasteiger partial charge is 0.312 e. The standard InChI is InChI=1S/C18H17NO2S/c1-13-10-12-22-17(13)9-8-16(20)14-4-6-15(7-5-14)19-11-2-3-18(19)21/h4-10,12H,2-3,11H2,1H3. The first kappa shape index (κ1) is 14.7. The molecule has 1 fully saturated rings. The number of rotatable bonds is 4. The lowest BCUT2D eigenvalue weighted by Gasteiger charge is -2.15. The van der Waals surface area contributed by atoms with Crippen molar-refractivity contribution >= 4 is 34.8 Å². The number of thiophene rings is 1. The van der Waals surface area contributed by atoms with Crippen LogP contribution in [-0.2, 0) is 4.79 Å². The highest BCUT2D eigenvalue weighted by Crippen LogP contribution is 2.22. The van der Waals surface area contributed by atoms with Crippen LogP contribution in [0.1, 0.15) is 33.6 Å². The first-order valence-corrected chi connectivity index (χ1v) is 8.20. The number of hydrogen-bond acceptors (Lipinski definition) is 3. The van der Waals surface area contributed by atoms with Crippen LogP contribution in [0.5, 0.6) is 0 Å². The first-order chi connectivity index (χ1) is 10.6. The van der Waals surface area contributed by atoms with Crippen molar-refractivity contribution in [1.29, 1.82) is 0 Å². The van der Waals surface area contributed by atoms with Gasteiger partial charge in [0.2, 0.25) is 5.91 Å². The molecule has 0 spiro atoms. The first-order valence-electron chi connectivity index (χ1n) is 7.32. The van der Waals surface area contributed by atoms with Gasteiger partial charge in [0.25, 0.3) is 0 Å². The van der Waals surface area contributed by atoms with Crippen LogP contribution in [0.4, 0.5) is 5.69 Å². The molecule has 1 aliphatic rings. The number of nitrogens with zero attached hydrogens (tertiary/aromatic N) is 1. The van der Waals surface area contributed by atoms with Gasteiger partial charge in [0, 0.05) is 29.1 Å². The van der Waals surface area contributed by atoms with Gasteiger partial charge in [0.1, 0.15) is 0 Å². The molecule has 1 aromatic heterocycles. The minimum atomic E-state index is -0.0212. The molecular weight excluding hydrogens is 294 g/mol. The fourth-order valence-electron chi connectivity index (χ4n) is 2.53. The minimum absolute atomic E-state index is 0.0212. The minimum Gasteiger partial charge on any atom is -0.312 e. The van der Waals surface area contributed by atoms with Gasteiger partial charge in [-0.05, 0) is 66.8 Å². The summed E-state index contributed by atoms with van der Waals surface area (Å²) < 4.78 is 0. The van der Waals surface area contributed by atoms with Gasteiger partial charge in [0.05, 0.1) is 0 Å². The highest BCUT2D eigenvalue weighted by Gasteiger charge is 2.21. The Morgan fingerprint density at radius 3 is 2.59 bits per heavy atom. The molecule has 2 aromatic rings. The van der Waals surface area contributed by atoms with Gasteiger partial charge in [-0.15, -0.1) is 11.3 Å². The van der Waals surface area contributed by atoms with Crippen LogP contribution in [0, 0.1) is 6.92 Å². The van der Waals surface area contributed by atoms with Crippen LogP contribution in [0.15, 0.2) is 41.8 Å². The summed E-state index contributed by atoms with van der Waals surface area (Å²) >= 11 is 1.62. The lowest BCUT2D eigenvalue weighted by atomic mass is 10.1. The van der Waals surface area contributed by atoms with Crippen molar-refractivity contribution in [3.63, 3.8) is 0 Å². The van der Waals surface area contributed by atoms with Crippen molar-refractivity contribution in [3.05, 3.63) is 57.8 Å². The van der Waals surface area contributed by atoms with Gasteiger partial charge in [-0.2, -0.15) is 0 Å². The predicted molar refractivity (Wildman–Crippen MR) is 90.4 cm³/mol. The Labute approximate surface area is 133 Å². The fourth-order valence-corrected chi connectivity index (χ4v) is 3.35. The summed E-state index contributed by atoms with van der Waals surface area (Å²) in [6, 6.07) is 9.31. The molecule has 0 aliphatic carbocycles. The molecule has 1 aliphatic heterocycles. The third-order valence-corrected chi connectivity index (χ3v) is 4.81. The smallest absolute Gasteiger partial charge is 0.227 e. The molecule has 4 heteroatoms. The van der Waals surface area contributed by atoms with E-state index in [1.165, 1.54) is 5.56 Å². The molecule has 0 bridgehead atoms. The zero-order chi connectivity index (χ0) is 15.5. The SMILES string of the molecule is Cc1ccsc1C=CC(=O)c1ccc(N2CCCC2=O)cc1. The molecule has 0 saturated carbocycles. The summed E-state index contributed by atoms with van der Waals surface area (Å²) in [5, 5.41) is 2.02. The second-order valence-corrected chi connectivity index (χ2v) is 6.31. The maximum atomic E-state index is 12.2. The van der Waals surface area contributed by atoms with Crippen LogP contribution >= 0.6 is 11.3 Å². The number of carbonyl (C=O) groups excluding carboxylic acids is 2. The number of amides is 1. The van der Waals surface area contributed by atoms with Crippen LogP contribution in [0.2, 0.25) is 0 Å². The van der Waals surface area contributed by atoms with E-state index in [0.717, 1.165) is 23.5 Å². The molecule has 0 radical (unpaired) electrons. The lowest BCUT2D eigenvalue weighted by Crippen LogP contribution is -2.23. The Bertz CT molecular complexity index is 728. The summed E-state index contributed by atoms with van der Waals surface area (Å²) in [7, 11) is 0. The maximum absolute atomic E-state index is 12.2. The topological polar surface area (TPSA) is 37.4 Å². The van der Waals surface area contributed by atoms with Crippen LogP contribution < -0.4 is 4.90 Å². The molecule has 0 atom stereocenters. The number of aryl methyl sites for hydroxylation is 1. The molecule has 1 aromatic carbocycles. The average Bonchev–Trinajstić information content (AvgIpc) is 3.13. The average molecular weight is 311 g/mol. The number of hydrogen-bond donors (Lipinski definition) is 0. The van der Waals surface area contributed by atoms with Gasteiger partial charge in [0.15, 0.2) is 5.78 Å². The van der Waals surface area contributed by atoms with Crippen molar-refractivity contribution in [2.45, 2.75) is 19.8 Å². The molecule has 3 rings (SSSR count). The second kappa shape index (κ2) is 6.28. The van der Waals surface area contributed by atoms with E-state index in [2.05, 4.69) is 0 Å². The third kappa shape index (κ3) is 3.02. The zero-order valence-corrected chi connectivity index (χ0v) is 13.2. The number of anilines is 1. The Morgan fingerprint density at radius 2 is 2.00 bits per heavy atom. The van der Waals surface area contributed by atoms with E-state index in [4.69, 9.17) is 0 Å². The molecule has 0 unspecified atom stereocenters. The normalized spacial score (nSPS) is 15.0. The lowest BCUT2D eigenvalue weighted by molar-refractivity contribution is -0.117. The summed E-state index contributed by atoms with van der Waals surface area (Å²) in [5.41, 5.74) is 2.69. The van der Waals surface area contributed by atoms with E-state index in [9.17, 15) is 9.59 Å². The number of benzene rings is 1. The summed E-state index contributed by atoms with van der Waals surface area (Å²) in [6.45, 7) is 2.80. The molecule has 2 heterocycles. The van der Waals surface area contributed by atoms with Crippen LogP contribution in [0.25, 0.3) is 6.08 Å². The molecule has 1 saturated heterocycles. The number of carbonyl (C=O) groups is 2. The van der Waals surface area contributed by atoms with E-state index >= 15 is 0 Å². The van der Waals surface area contributed by atoms with Crippen molar-refractivity contribution in [1.82, 2.24) is 0 Å². The maximum Gasteiger partial charge on any atom is 0.227 e. The molecule has 0 N–H and O–H groups in total. The molecular formula is C18H17NO2S. The van der Waals surface area contributed by atoms with Crippen LogP contribution in [-0.4, -0.2) is 18.2 Å². The fraction of sp³-hybridized carbons (Fsp3) is 0.222. The van der Waals surface area contributed by atoms with Crippen LogP contribution in [0.3, 0.4) is 0 Å². The Balaban J connectivity index is 1.72. The zero-order valence-electron chi connectivity index (χ0n) is 12.4. The number of allylic oxidation sites excluding steroid dienone is 1. The monoisotopic (exact) mass is 311 g/mol. The molecule has 112 valence electrons. The predicted octanol–water partition coefficient (Wildman–Crippen LogP) is 4.08. The molecule has 22 heavy (non-hydrogen) atoms. The van der Waals surface area contributed by atoms with Gasteiger partial charge in [-0.25, -0.2) is 0 Å². The van der Waals surface area contributed by atoms with Gasteiger partial charge < -0.3 is 4.90 Å². The Morgan fingerprint density at radius 1 is 1.23 bits per heavy atom. The highest BCUT2D eigenvalue weighted by atomic mass is 32.1. The van der Waals surface area contributed by atoms with Gasteiger partial charge in [-0.3, -0.25) is 9.59 Å². The Kier molecular flexibility index (Phi) is 4.20. The van der Waals surface area contributed by atoms with Gasteiger partial charge >= 0.3 is 0 Å². The van der Waals surface area contributed by atoms with Gasteiger partial charge in [-0.1, -0.05) is 0 Å². The summed E-state index contributed by atoms with van der Waals surface area (Å²) in [6.07, 6.45) is 4.99. The summed E-state index contributed by atoms with van der Waals surface area (Å²) in [5.74, 6) is 0.138. The van der Waals surface area contributed by atoms with E-state index in [-0.39, 0.29) is 11.7 Å². The third-order valence-electron chi connectivity index (χ3n) is 3.82. The van der Waals surface area contributed by atoms with E-state index in [1.807, 2.05) is 36.6 Å². The number of ketones is 1. The van der Waals surface area contributed by atoms with Crippen molar-refractivity contribution in [2.75, 3.05) is 11.4 Å². The highest BCUT2D eigenvalue weighted by molar-refractivity contribution is 7.11. The van der Waals surface area contributed by atoms with E-state index in [0.29, 0.717) is 12.0 Å². The Hall–Kier alpha value is -2.20. The van der Waals surface area contributed by atoms with E-state index in [1.54, 1.807) is 34.4 Å². The summed E-state index contributed by atoms with van der Waals surface area (Å²) in [4.78, 5) is 26.8. The van der Waals surface area contributed by atoms with Crippen molar-refractivity contribution in [3.8, 4) is 0 Å². The molecule has 3 nitrogen and oxygen atoms in total. The quantitative estimate of drug-likeness (QED) is 0.630. The van der Waals surface area contributed by atoms with Crippen molar-refractivity contribution < 1.29 is 9.59 Å².